The monoisotopic (exact) mass is 462 g/mol. The summed E-state index contributed by atoms with van der Waals surface area (Å²) in [6, 6.07) is 9.18. The van der Waals surface area contributed by atoms with E-state index in [2.05, 4.69) is 20.1 Å². The Morgan fingerprint density at radius 2 is 1.82 bits per heavy atom. The van der Waals surface area contributed by atoms with Crippen molar-refractivity contribution in [1.82, 2.24) is 15.0 Å². The van der Waals surface area contributed by atoms with Crippen molar-refractivity contribution < 1.29 is 27.1 Å². The second kappa shape index (κ2) is 8.57. The van der Waals surface area contributed by atoms with Crippen molar-refractivity contribution >= 4 is 5.84 Å². The molecule has 2 aromatic heterocycles. The number of alkyl halides is 2. The standard InChI is InChI=1S/C22H18F4N4O3/c1-12-22(14-3-6-16(23)7-4-14,15-5-8-18(24)27-10-15)29-19(28-12)13-9-17(32-2)20(31)30(11-13)33-21(25)26/h3-12,21H,1-2H3,(H,28,29)/t12-,22+/m0/s1. The van der Waals surface area contributed by atoms with Gasteiger partial charge in [-0.1, -0.05) is 18.2 Å². The van der Waals surface area contributed by atoms with Crippen LogP contribution in [0.15, 0.2) is 64.6 Å². The Morgan fingerprint density at radius 1 is 1.12 bits per heavy atom. The molecule has 7 nitrogen and oxygen atoms in total. The summed E-state index contributed by atoms with van der Waals surface area (Å²) < 4.78 is 58.1. The van der Waals surface area contributed by atoms with Gasteiger partial charge >= 0.3 is 12.2 Å². The van der Waals surface area contributed by atoms with Crippen molar-refractivity contribution in [3.8, 4) is 5.75 Å². The molecular weight excluding hydrogens is 444 g/mol. The topological polar surface area (TPSA) is 77.7 Å². The van der Waals surface area contributed by atoms with Gasteiger partial charge < -0.3 is 14.9 Å². The Kier molecular flexibility index (Phi) is 5.79. The number of halogens is 4. The quantitative estimate of drug-likeness (QED) is 0.450. The van der Waals surface area contributed by atoms with Crippen LogP contribution in [-0.2, 0) is 5.54 Å². The van der Waals surface area contributed by atoms with E-state index in [1.807, 2.05) is 0 Å². The smallest absolute Gasteiger partial charge is 0.405 e. The van der Waals surface area contributed by atoms with Gasteiger partial charge in [0.05, 0.1) is 19.3 Å². The molecule has 0 spiro atoms. The van der Waals surface area contributed by atoms with Gasteiger partial charge in [0, 0.05) is 17.3 Å². The Hall–Kier alpha value is -3.89. The molecule has 33 heavy (non-hydrogen) atoms. The second-order valence-corrected chi connectivity index (χ2v) is 7.26. The van der Waals surface area contributed by atoms with Gasteiger partial charge in [-0.05, 0) is 36.8 Å². The third-order valence-electron chi connectivity index (χ3n) is 5.39. The molecule has 0 radical (unpaired) electrons. The molecule has 0 unspecified atom stereocenters. The van der Waals surface area contributed by atoms with Crippen LogP contribution in [0.5, 0.6) is 5.75 Å². The lowest BCUT2D eigenvalue weighted by atomic mass is 9.79. The largest absolute Gasteiger partial charge is 0.491 e. The van der Waals surface area contributed by atoms with E-state index in [-0.39, 0.29) is 17.1 Å². The predicted octanol–water partition coefficient (Wildman–Crippen LogP) is 2.86. The molecule has 2 atom stereocenters. The summed E-state index contributed by atoms with van der Waals surface area (Å²) in [5, 5.41) is 3.24. The number of rotatable bonds is 6. The zero-order valence-electron chi connectivity index (χ0n) is 17.4. The van der Waals surface area contributed by atoms with E-state index < -0.39 is 35.5 Å². The van der Waals surface area contributed by atoms with Crippen LogP contribution in [0.4, 0.5) is 17.6 Å². The molecular formula is C22H18F4N4O3. The molecule has 1 aromatic carbocycles. The summed E-state index contributed by atoms with van der Waals surface area (Å²) in [6.07, 6.45) is 2.39. The van der Waals surface area contributed by atoms with Crippen LogP contribution in [0.2, 0.25) is 0 Å². The minimum Gasteiger partial charge on any atom is -0.491 e. The molecule has 3 aromatic rings. The summed E-state index contributed by atoms with van der Waals surface area (Å²) >= 11 is 0. The number of methoxy groups -OCH3 is 1. The number of benzene rings is 1. The highest BCUT2D eigenvalue weighted by atomic mass is 19.3. The second-order valence-electron chi connectivity index (χ2n) is 7.26. The van der Waals surface area contributed by atoms with Crippen molar-refractivity contribution in [2.75, 3.05) is 7.11 Å². The summed E-state index contributed by atoms with van der Waals surface area (Å²) in [6.45, 7) is -1.47. The van der Waals surface area contributed by atoms with Crippen LogP contribution in [0.3, 0.4) is 0 Å². The Balaban J connectivity index is 1.84. The van der Waals surface area contributed by atoms with E-state index in [1.54, 1.807) is 19.1 Å². The van der Waals surface area contributed by atoms with E-state index in [9.17, 15) is 22.4 Å². The molecule has 0 fully saturated rings. The average molecular weight is 462 g/mol. The maximum absolute atomic E-state index is 13.6. The predicted molar refractivity (Wildman–Crippen MR) is 110 cm³/mol. The van der Waals surface area contributed by atoms with Crippen molar-refractivity contribution in [3.63, 3.8) is 0 Å². The molecule has 0 amide bonds. The first-order chi connectivity index (χ1) is 15.7. The summed E-state index contributed by atoms with van der Waals surface area (Å²) in [5.41, 5.74) is -0.654. The lowest BCUT2D eigenvalue weighted by Gasteiger charge is -2.34. The summed E-state index contributed by atoms with van der Waals surface area (Å²) in [5.74, 6) is -1.14. The number of pyridine rings is 2. The molecule has 172 valence electrons. The summed E-state index contributed by atoms with van der Waals surface area (Å²) in [4.78, 5) is 24.9. The lowest BCUT2D eigenvalue weighted by molar-refractivity contribution is -0.135. The van der Waals surface area contributed by atoms with E-state index in [0.717, 1.165) is 6.20 Å². The normalized spacial score (nSPS) is 19.8. The number of amidine groups is 1. The van der Waals surface area contributed by atoms with Gasteiger partial charge in [0.25, 0.3) is 0 Å². The van der Waals surface area contributed by atoms with Crippen molar-refractivity contribution in [1.29, 1.82) is 0 Å². The van der Waals surface area contributed by atoms with Crippen LogP contribution in [0, 0.1) is 11.8 Å². The molecule has 0 saturated carbocycles. The fourth-order valence-corrected chi connectivity index (χ4v) is 3.85. The average Bonchev–Trinajstić information content (AvgIpc) is 3.14. The van der Waals surface area contributed by atoms with Crippen LogP contribution in [-0.4, -0.2) is 35.3 Å². The van der Waals surface area contributed by atoms with Crippen molar-refractivity contribution in [2.45, 2.75) is 25.1 Å². The third kappa shape index (κ3) is 4.01. The first kappa shape index (κ1) is 22.3. The zero-order valence-corrected chi connectivity index (χ0v) is 17.4. The van der Waals surface area contributed by atoms with Gasteiger partial charge in [0.1, 0.15) is 17.2 Å². The van der Waals surface area contributed by atoms with Gasteiger partial charge in [-0.15, -0.1) is 4.73 Å². The minimum atomic E-state index is -3.25. The van der Waals surface area contributed by atoms with Crippen molar-refractivity contribution in [3.05, 3.63) is 93.7 Å². The van der Waals surface area contributed by atoms with Crippen LogP contribution >= 0.6 is 0 Å². The highest BCUT2D eigenvalue weighted by molar-refractivity contribution is 6.01. The highest BCUT2D eigenvalue weighted by Crippen LogP contribution is 2.38. The van der Waals surface area contributed by atoms with Gasteiger partial charge in [-0.25, -0.2) is 9.37 Å². The van der Waals surface area contributed by atoms with Gasteiger partial charge in [0.2, 0.25) is 5.95 Å². The first-order valence-corrected chi connectivity index (χ1v) is 9.75. The summed E-state index contributed by atoms with van der Waals surface area (Å²) in [7, 11) is 1.22. The molecule has 11 heteroatoms. The van der Waals surface area contributed by atoms with Crippen LogP contribution in [0.25, 0.3) is 0 Å². The van der Waals surface area contributed by atoms with Gasteiger partial charge in [-0.2, -0.15) is 13.2 Å². The number of nitrogens with one attached hydrogen (secondary N) is 1. The highest BCUT2D eigenvalue weighted by Gasteiger charge is 2.45. The lowest BCUT2D eigenvalue weighted by Crippen LogP contribution is -2.48. The molecule has 0 bridgehead atoms. The number of nitrogens with zero attached hydrogens (tertiary/aromatic N) is 3. The maximum atomic E-state index is 13.6. The number of aromatic nitrogens is 2. The van der Waals surface area contributed by atoms with E-state index in [4.69, 9.17) is 4.74 Å². The number of hydrogen-bond donors (Lipinski definition) is 1. The third-order valence-corrected chi connectivity index (χ3v) is 5.39. The molecule has 0 aliphatic carbocycles. The Morgan fingerprint density at radius 3 is 2.42 bits per heavy atom. The maximum Gasteiger partial charge on any atom is 0.405 e. The Bertz CT molecular complexity index is 1200. The fourth-order valence-electron chi connectivity index (χ4n) is 3.85. The number of ether oxygens (including phenoxy) is 1. The molecule has 1 aliphatic heterocycles. The SMILES string of the molecule is COc1cc(C2=N[C@@H](C)[C@@](c3ccc(F)cc3)(c3ccc(F)nc3)N2)cn(OC(F)F)c1=O. The molecule has 0 saturated heterocycles. The first-order valence-electron chi connectivity index (χ1n) is 9.75. The van der Waals surface area contributed by atoms with E-state index in [0.29, 0.717) is 15.9 Å². The fraction of sp³-hybridized carbons (Fsp3) is 0.227. The molecule has 3 heterocycles. The van der Waals surface area contributed by atoms with Gasteiger partial charge in [0.15, 0.2) is 5.75 Å². The number of aliphatic imine (C=N–C) groups is 1. The van der Waals surface area contributed by atoms with Crippen molar-refractivity contribution in [2.24, 2.45) is 4.99 Å². The number of hydrogen-bond acceptors (Lipinski definition) is 6. The molecule has 1 aliphatic rings. The molecule has 1 N–H and O–H groups in total. The van der Waals surface area contributed by atoms with Crippen LogP contribution < -0.4 is 20.5 Å². The minimum absolute atomic E-state index is 0.220. The zero-order chi connectivity index (χ0) is 23.8. The van der Waals surface area contributed by atoms with E-state index >= 15 is 0 Å². The van der Waals surface area contributed by atoms with E-state index in [1.165, 1.54) is 43.6 Å². The van der Waals surface area contributed by atoms with Crippen LogP contribution in [0.1, 0.15) is 23.6 Å². The van der Waals surface area contributed by atoms with Gasteiger partial charge in [-0.3, -0.25) is 9.79 Å². The molecule has 4 rings (SSSR count). The Labute approximate surface area is 185 Å².